The van der Waals surface area contributed by atoms with E-state index in [1.54, 1.807) is 24.3 Å². The molecule has 4 rings (SSSR count). The van der Waals surface area contributed by atoms with Crippen LogP contribution in [0.2, 0.25) is 0 Å². The molecule has 0 radical (unpaired) electrons. The summed E-state index contributed by atoms with van der Waals surface area (Å²) in [6, 6.07) is 21.4. The molecule has 0 bridgehead atoms. The zero-order chi connectivity index (χ0) is 16.6. The van der Waals surface area contributed by atoms with Crippen LogP contribution in [0.5, 0.6) is 17.2 Å². The first-order chi connectivity index (χ1) is 11.7. The minimum Gasteiger partial charge on any atom is -0.508 e. The van der Waals surface area contributed by atoms with E-state index in [2.05, 4.69) is 0 Å². The van der Waals surface area contributed by atoms with Gasteiger partial charge in [0.05, 0.1) is 0 Å². The first-order valence-electron chi connectivity index (χ1n) is 7.66. The molecule has 24 heavy (non-hydrogen) atoms. The summed E-state index contributed by atoms with van der Waals surface area (Å²) >= 11 is 0. The highest BCUT2D eigenvalue weighted by Gasteiger charge is 2.38. The van der Waals surface area contributed by atoms with E-state index in [0.29, 0.717) is 28.2 Å². The second-order valence-corrected chi connectivity index (χ2v) is 5.66. The van der Waals surface area contributed by atoms with Crippen LogP contribution in [0, 0.1) is 0 Å². The van der Waals surface area contributed by atoms with Crippen LogP contribution in [0.3, 0.4) is 0 Å². The zero-order valence-electron chi connectivity index (χ0n) is 12.8. The Morgan fingerprint density at radius 2 is 1.46 bits per heavy atom. The molecule has 0 fully saturated rings. The molecule has 4 heteroatoms. The summed E-state index contributed by atoms with van der Waals surface area (Å²) in [6.07, 6.45) is 0. The maximum atomic E-state index is 11.8. The summed E-state index contributed by atoms with van der Waals surface area (Å²) in [5.74, 6) is 1.30. The van der Waals surface area contributed by atoms with Crippen LogP contribution in [0.1, 0.15) is 16.7 Å². The van der Waals surface area contributed by atoms with Crippen molar-refractivity contribution in [2.45, 2.75) is 5.60 Å². The first-order valence-corrected chi connectivity index (χ1v) is 7.66. The molecule has 1 atom stereocenters. The third-order valence-corrected chi connectivity index (χ3v) is 4.26. The van der Waals surface area contributed by atoms with E-state index in [1.165, 1.54) is 0 Å². The van der Waals surface area contributed by atoms with Gasteiger partial charge in [0.15, 0.2) is 11.5 Å². The number of benzene rings is 3. The van der Waals surface area contributed by atoms with E-state index in [9.17, 15) is 10.2 Å². The molecule has 3 aromatic carbocycles. The van der Waals surface area contributed by atoms with Gasteiger partial charge in [-0.15, -0.1) is 0 Å². The van der Waals surface area contributed by atoms with E-state index in [-0.39, 0.29) is 12.5 Å². The van der Waals surface area contributed by atoms with Gasteiger partial charge in [-0.1, -0.05) is 54.6 Å². The lowest BCUT2D eigenvalue weighted by molar-refractivity contribution is 0.118. The topological polar surface area (TPSA) is 58.9 Å². The quantitative estimate of drug-likeness (QED) is 0.726. The molecular weight excluding hydrogens is 304 g/mol. The largest absolute Gasteiger partial charge is 0.508 e. The predicted octanol–water partition coefficient (Wildman–Crippen LogP) is 3.41. The lowest BCUT2D eigenvalue weighted by Gasteiger charge is -2.30. The van der Waals surface area contributed by atoms with Gasteiger partial charge in [0.2, 0.25) is 6.79 Å². The molecule has 0 aliphatic carbocycles. The maximum Gasteiger partial charge on any atom is 0.231 e. The fraction of sp³-hybridized carbons (Fsp3) is 0.100. The van der Waals surface area contributed by atoms with Crippen LogP contribution in [0.25, 0.3) is 0 Å². The van der Waals surface area contributed by atoms with E-state index in [4.69, 9.17) is 9.47 Å². The normalized spacial score (nSPS) is 15.0. The van der Waals surface area contributed by atoms with Crippen LogP contribution in [0.15, 0.2) is 72.8 Å². The molecule has 1 unspecified atom stereocenters. The third kappa shape index (κ3) is 2.20. The third-order valence-electron chi connectivity index (χ3n) is 4.26. The monoisotopic (exact) mass is 320 g/mol. The number of rotatable bonds is 3. The number of hydrogen-bond acceptors (Lipinski definition) is 4. The molecule has 0 aromatic heterocycles. The van der Waals surface area contributed by atoms with Gasteiger partial charge in [-0.2, -0.15) is 0 Å². The molecule has 0 saturated heterocycles. The molecule has 2 N–H and O–H groups in total. The van der Waals surface area contributed by atoms with Gasteiger partial charge < -0.3 is 19.7 Å². The zero-order valence-corrected chi connectivity index (χ0v) is 12.8. The number of hydrogen-bond donors (Lipinski definition) is 2. The van der Waals surface area contributed by atoms with Crippen LogP contribution in [0.4, 0.5) is 0 Å². The summed E-state index contributed by atoms with van der Waals surface area (Å²) in [5, 5.41) is 21.4. The van der Waals surface area contributed by atoms with Crippen LogP contribution < -0.4 is 9.47 Å². The second kappa shape index (κ2) is 5.58. The van der Waals surface area contributed by atoms with E-state index in [1.807, 2.05) is 48.5 Å². The Balaban J connectivity index is 1.98. The average molecular weight is 320 g/mol. The van der Waals surface area contributed by atoms with Crippen LogP contribution in [-0.2, 0) is 5.60 Å². The van der Waals surface area contributed by atoms with Crippen LogP contribution >= 0.6 is 0 Å². The van der Waals surface area contributed by atoms with Gasteiger partial charge in [-0.3, -0.25) is 0 Å². The summed E-state index contributed by atoms with van der Waals surface area (Å²) < 4.78 is 11.1. The predicted molar refractivity (Wildman–Crippen MR) is 89.2 cm³/mol. The highest BCUT2D eigenvalue weighted by Crippen LogP contribution is 2.46. The Kier molecular flexibility index (Phi) is 3.40. The van der Waals surface area contributed by atoms with Crippen molar-refractivity contribution in [1.29, 1.82) is 0 Å². The van der Waals surface area contributed by atoms with Gasteiger partial charge in [-0.25, -0.2) is 0 Å². The van der Waals surface area contributed by atoms with Gasteiger partial charge in [-0.05, 0) is 29.3 Å². The number of ether oxygens (including phenoxy) is 2. The Bertz CT molecular complexity index is 859. The van der Waals surface area contributed by atoms with Crippen molar-refractivity contribution in [2.24, 2.45) is 0 Å². The van der Waals surface area contributed by atoms with Crippen molar-refractivity contribution in [3.63, 3.8) is 0 Å². The molecule has 1 heterocycles. The SMILES string of the molecule is Oc1ccc(C(O)(c2ccccc2)c2cccc3c2OCO3)cc1. The smallest absolute Gasteiger partial charge is 0.231 e. The molecule has 0 amide bonds. The Hall–Kier alpha value is -2.98. The Morgan fingerprint density at radius 1 is 0.750 bits per heavy atom. The van der Waals surface area contributed by atoms with Gasteiger partial charge in [0.25, 0.3) is 0 Å². The van der Waals surface area contributed by atoms with E-state index < -0.39 is 5.60 Å². The molecule has 0 spiro atoms. The minimum atomic E-state index is -1.42. The van der Waals surface area contributed by atoms with Crippen molar-refractivity contribution in [1.82, 2.24) is 0 Å². The molecule has 1 aliphatic heterocycles. The van der Waals surface area contributed by atoms with Gasteiger partial charge >= 0.3 is 0 Å². The van der Waals surface area contributed by atoms with Crippen LogP contribution in [-0.4, -0.2) is 17.0 Å². The number of fused-ring (bicyclic) bond motifs is 1. The average Bonchev–Trinajstić information content (AvgIpc) is 3.11. The molecule has 0 saturated carbocycles. The number of para-hydroxylation sites is 1. The Morgan fingerprint density at radius 3 is 2.21 bits per heavy atom. The molecule has 3 aromatic rings. The second-order valence-electron chi connectivity index (χ2n) is 5.66. The summed E-state index contributed by atoms with van der Waals surface area (Å²) in [6.45, 7) is 0.132. The number of phenolic OH excluding ortho intramolecular Hbond substituents is 1. The molecular formula is C20H16O4. The number of aliphatic hydroxyl groups is 1. The highest BCUT2D eigenvalue weighted by molar-refractivity contribution is 5.58. The lowest BCUT2D eigenvalue weighted by atomic mass is 9.80. The highest BCUT2D eigenvalue weighted by atomic mass is 16.7. The minimum absolute atomic E-state index is 0.132. The fourth-order valence-corrected chi connectivity index (χ4v) is 3.07. The van der Waals surface area contributed by atoms with Crippen molar-refractivity contribution in [3.8, 4) is 17.2 Å². The molecule has 120 valence electrons. The first kappa shape index (κ1) is 14.6. The fourth-order valence-electron chi connectivity index (χ4n) is 3.07. The van der Waals surface area contributed by atoms with Crippen molar-refractivity contribution < 1.29 is 19.7 Å². The van der Waals surface area contributed by atoms with Crippen molar-refractivity contribution in [2.75, 3.05) is 6.79 Å². The number of aromatic hydroxyl groups is 1. The van der Waals surface area contributed by atoms with Gasteiger partial charge in [0.1, 0.15) is 11.4 Å². The Labute approximate surface area is 139 Å². The van der Waals surface area contributed by atoms with Crippen molar-refractivity contribution in [3.05, 3.63) is 89.5 Å². The summed E-state index contributed by atoms with van der Waals surface area (Å²) in [7, 11) is 0. The molecule has 4 nitrogen and oxygen atoms in total. The van der Waals surface area contributed by atoms with E-state index >= 15 is 0 Å². The van der Waals surface area contributed by atoms with Crippen molar-refractivity contribution >= 4 is 0 Å². The summed E-state index contributed by atoms with van der Waals surface area (Å²) in [5.41, 5.74) is 0.526. The number of phenols is 1. The van der Waals surface area contributed by atoms with E-state index in [0.717, 1.165) is 0 Å². The van der Waals surface area contributed by atoms with Gasteiger partial charge in [0, 0.05) is 5.56 Å². The molecule has 1 aliphatic rings. The standard InChI is InChI=1S/C20H16O4/c21-16-11-9-15(10-12-16)20(22,14-5-2-1-3-6-14)17-7-4-8-18-19(17)24-13-23-18/h1-12,21-22H,13H2. The maximum absolute atomic E-state index is 11.8. The summed E-state index contributed by atoms with van der Waals surface area (Å²) in [4.78, 5) is 0. The lowest BCUT2D eigenvalue weighted by Crippen LogP contribution is -2.29.